The maximum atomic E-state index is 13.6. The Balaban J connectivity index is 1.83. The first-order chi connectivity index (χ1) is 10.2. The van der Waals surface area contributed by atoms with E-state index in [1.165, 1.54) is 18.9 Å². The molecular formula is C16H22FN3O. The average Bonchev–Trinajstić information content (AvgIpc) is 3.20. The van der Waals surface area contributed by atoms with Crippen LogP contribution in [0, 0.1) is 5.82 Å². The third-order valence-corrected chi connectivity index (χ3v) is 4.31. The van der Waals surface area contributed by atoms with Crippen molar-refractivity contribution in [1.29, 1.82) is 0 Å². The molecule has 21 heavy (non-hydrogen) atoms. The van der Waals surface area contributed by atoms with Gasteiger partial charge in [0.15, 0.2) is 0 Å². The van der Waals surface area contributed by atoms with Gasteiger partial charge in [-0.3, -0.25) is 4.79 Å². The van der Waals surface area contributed by atoms with Crippen LogP contribution in [0.3, 0.4) is 0 Å². The number of nitrogens with one attached hydrogen (secondary N) is 2. The molecule has 1 saturated carbocycles. The van der Waals surface area contributed by atoms with Gasteiger partial charge in [0.2, 0.25) is 5.91 Å². The van der Waals surface area contributed by atoms with Gasteiger partial charge in [0.05, 0.1) is 0 Å². The second-order valence-electron chi connectivity index (χ2n) is 5.89. The van der Waals surface area contributed by atoms with Crippen molar-refractivity contribution in [3.63, 3.8) is 0 Å². The Morgan fingerprint density at radius 1 is 1.38 bits per heavy atom. The molecule has 1 amide bonds. The molecule has 1 aliphatic heterocycles. The third-order valence-electron chi connectivity index (χ3n) is 4.31. The van der Waals surface area contributed by atoms with Gasteiger partial charge < -0.3 is 15.5 Å². The van der Waals surface area contributed by atoms with Crippen LogP contribution >= 0.6 is 0 Å². The summed E-state index contributed by atoms with van der Waals surface area (Å²) in [6.45, 7) is 1.51. The molecule has 4 nitrogen and oxygen atoms in total. The SMILES string of the molecule is CNC(=O)C1CCCN1c1ccc(F)cc1CNC1CC1. The molecule has 1 aromatic carbocycles. The fourth-order valence-electron chi connectivity index (χ4n) is 3.01. The molecule has 1 aromatic rings. The van der Waals surface area contributed by atoms with Crippen molar-refractivity contribution in [2.24, 2.45) is 0 Å². The molecule has 0 spiro atoms. The van der Waals surface area contributed by atoms with Gasteiger partial charge in [0.1, 0.15) is 11.9 Å². The molecule has 0 radical (unpaired) electrons. The Morgan fingerprint density at radius 3 is 2.90 bits per heavy atom. The highest BCUT2D eigenvalue weighted by molar-refractivity contribution is 5.86. The number of carbonyl (C=O) groups excluding carboxylic acids is 1. The number of likely N-dealkylation sites (N-methyl/N-ethyl adjacent to an activating group) is 1. The van der Waals surface area contributed by atoms with E-state index in [0.717, 1.165) is 30.6 Å². The summed E-state index contributed by atoms with van der Waals surface area (Å²) >= 11 is 0. The predicted molar refractivity (Wildman–Crippen MR) is 80.7 cm³/mol. The Morgan fingerprint density at radius 2 is 2.19 bits per heavy atom. The van der Waals surface area contributed by atoms with Crippen molar-refractivity contribution >= 4 is 11.6 Å². The quantitative estimate of drug-likeness (QED) is 0.869. The molecule has 3 rings (SSSR count). The van der Waals surface area contributed by atoms with Crippen molar-refractivity contribution in [1.82, 2.24) is 10.6 Å². The molecule has 1 heterocycles. The number of carbonyl (C=O) groups is 1. The van der Waals surface area contributed by atoms with Gasteiger partial charge in [-0.25, -0.2) is 4.39 Å². The first-order valence-corrected chi connectivity index (χ1v) is 7.69. The van der Waals surface area contributed by atoms with Crippen molar-refractivity contribution in [3.8, 4) is 0 Å². The number of anilines is 1. The van der Waals surface area contributed by atoms with Crippen LogP contribution in [-0.4, -0.2) is 31.6 Å². The van der Waals surface area contributed by atoms with E-state index in [9.17, 15) is 9.18 Å². The topological polar surface area (TPSA) is 44.4 Å². The van der Waals surface area contributed by atoms with Crippen LogP contribution in [0.4, 0.5) is 10.1 Å². The van der Waals surface area contributed by atoms with Crippen molar-refractivity contribution in [3.05, 3.63) is 29.6 Å². The zero-order valence-corrected chi connectivity index (χ0v) is 12.4. The highest BCUT2D eigenvalue weighted by Gasteiger charge is 2.31. The molecule has 0 bridgehead atoms. The van der Waals surface area contributed by atoms with Crippen molar-refractivity contribution in [2.75, 3.05) is 18.5 Å². The first kappa shape index (κ1) is 14.3. The molecule has 1 saturated heterocycles. The van der Waals surface area contributed by atoms with E-state index in [-0.39, 0.29) is 17.8 Å². The van der Waals surface area contributed by atoms with Crippen LogP contribution in [0.25, 0.3) is 0 Å². The van der Waals surface area contributed by atoms with E-state index in [0.29, 0.717) is 12.6 Å². The number of benzene rings is 1. The number of hydrogen-bond acceptors (Lipinski definition) is 3. The third kappa shape index (κ3) is 3.18. The zero-order valence-electron chi connectivity index (χ0n) is 12.4. The summed E-state index contributed by atoms with van der Waals surface area (Å²) in [5.41, 5.74) is 1.92. The summed E-state index contributed by atoms with van der Waals surface area (Å²) in [4.78, 5) is 14.1. The number of nitrogens with zero attached hydrogens (tertiary/aromatic N) is 1. The summed E-state index contributed by atoms with van der Waals surface area (Å²) in [5.74, 6) is -0.181. The number of rotatable bonds is 5. The lowest BCUT2D eigenvalue weighted by molar-refractivity contribution is -0.121. The minimum atomic E-state index is -0.220. The molecule has 2 N–H and O–H groups in total. The Labute approximate surface area is 124 Å². The van der Waals surface area contributed by atoms with Crippen LogP contribution in [0.5, 0.6) is 0 Å². The van der Waals surface area contributed by atoms with E-state index < -0.39 is 0 Å². The average molecular weight is 291 g/mol. The second kappa shape index (κ2) is 6.02. The summed E-state index contributed by atoms with van der Waals surface area (Å²) in [5, 5.41) is 6.16. The predicted octanol–water partition coefficient (Wildman–Crippen LogP) is 1.79. The fourth-order valence-corrected chi connectivity index (χ4v) is 3.01. The first-order valence-electron chi connectivity index (χ1n) is 7.69. The van der Waals surface area contributed by atoms with Crippen LogP contribution in [0.1, 0.15) is 31.2 Å². The van der Waals surface area contributed by atoms with Gasteiger partial charge in [-0.2, -0.15) is 0 Å². The summed E-state index contributed by atoms with van der Waals surface area (Å²) < 4.78 is 13.6. The molecule has 114 valence electrons. The zero-order chi connectivity index (χ0) is 14.8. The summed E-state index contributed by atoms with van der Waals surface area (Å²) in [6, 6.07) is 5.31. The fraction of sp³-hybridized carbons (Fsp3) is 0.562. The monoisotopic (exact) mass is 291 g/mol. The minimum Gasteiger partial charge on any atom is -0.359 e. The van der Waals surface area contributed by atoms with E-state index in [2.05, 4.69) is 15.5 Å². The normalized spacial score (nSPS) is 21.6. The molecule has 2 fully saturated rings. The second-order valence-corrected chi connectivity index (χ2v) is 5.89. The van der Waals surface area contributed by atoms with Crippen LogP contribution < -0.4 is 15.5 Å². The Bertz CT molecular complexity index is 530. The molecular weight excluding hydrogens is 269 g/mol. The summed E-state index contributed by atoms with van der Waals surface area (Å²) in [6.07, 6.45) is 4.25. The lowest BCUT2D eigenvalue weighted by Gasteiger charge is -2.28. The van der Waals surface area contributed by atoms with Crippen LogP contribution in [-0.2, 0) is 11.3 Å². The smallest absolute Gasteiger partial charge is 0.242 e. The number of amides is 1. The van der Waals surface area contributed by atoms with Crippen LogP contribution in [0.15, 0.2) is 18.2 Å². The van der Waals surface area contributed by atoms with Crippen LogP contribution in [0.2, 0.25) is 0 Å². The van der Waals surface area contributed by atoms with E-state index in [1.54, 1.807) is 19.2 Å². The van der Waals surface area contributed by atoms with Crippen molar-refractivity contribution < 1.29 is 9.18 Å². The van der Waals surface area contributed by atoms with Gasteiger partial charge in [-0.1, -0.05) is 0 Å². The summed E-state index contributed by atoms with van der Waals surface area (Å²) in [7, 11) is 1.67. The number of halogens is 1. The molecule has 5 heteroatoms. The molecule has 1 aliphatic carbocycles. The molecule has 1 unspecified atom stereocenters. The largest absolute Gasteiger partial charge is 0.359 e. The van der Waals surface area contributed by atoms with E-state index >= 15 is 0 Å². The Kier molecular flexibility index (Phi) is 4.10. The lowest BCUT2D eigenvalue weighted by atomic mass is 10.1. The van der Waals surface area contributed by atoms with Gasteiger partial charge in [0.25, 0.3) is 0 Å². The molecule has 1 atom stereocenters. The van der Waals surface area contributed by atoms with Gasteiger partial charge in [0, 0.05) is 31.9 Å². The van der Waals surface area contributed by atoms with Gasteiger partial charge in [-0.15, -0.1) is 0 Å². The standard InChI is InChI=1S/C16H22FN3O/c1-18-16(21)15-3-2-8-20(15)14-7-4-12(17)9-11(14)10-19-13-5-6-13/h4,7,9,13,15,19H,2-3,5-6,8,10H2,1H3,(H,18,21). The highest BCUT2D eigenvalue weighted by Crippen LogP contribution is 2.30. The van der Waals surface area contributed by atoms with Gasteiger partial charge in [-0.05, 0) is 49.4 Å². The Hall–Kier alpha value is -1.62. The molecule has 0 aromatic heterocycles. The van der Waals surface area contributed by atoms with Gasteiger partial charge >= 0.3 is 0 Å². The van der Waals surface area contributed by atoms with E-state index in [4.69, 9.17) is 0 Å². The van der Waals surface area contributed by atoms with E-state index in [1.807, 2.05) is 0 Å². The minimum absolute atomic E-state index is 0.0397. The highest BCUT2D eigenvalue weighted by atomic mass is 19.1. The number of hydrogen-bond donors (Lipinski definition) is 2. The molecule has 2 aliphatic rings. The maximum Gasteiger partial charge on any atom is 0.242 e. The van der Waals surface area contributed by atoms with Crippen molar-refractivity contribution in [2.45, 2.75) is 44.3 Å². The lowest BCUT2D eigenvalue weighted by Crippen LogP contribution is -2.42. The maximum absolute atomic E-state index is 13.6.